The van der Waals surface area contributed by atoms with Crippen molar-refractivity contribution in [3.05, 3.63) is 24.3 Å². The highest BCUT2D eigenvalue weighted by molar-refractivity contribution is 8.02. The molecule has 1 atom stereocenters. The van der Waals surface area contributed by atoms with Crippen molar-refractivity contribution in [2.45, 2.75) is 22.9 Å². The number of amides is 1. The second kappa shape index (κ2) is 10.2. The van der Waals surface area contributed by atoms with E-state index in [1.165, 1.54) is 23.1 Å². The fourth-order valence-electron chi connectivity index (χ4n) is 1.91. The van der Waals surface area contributed by atoms with Crippen LogP contribution in [0.4, 0.5) is 10.8 Å². The summed E-state index contributed by atoms with van der Waals surface area (Å²) in [5, 5.41) is 14.7. The van der Waals surface area contributed by atoms with Gasteiger partial charge < -0.3 is 20.1 Å². The molecule has 1 aromatic carbocycles. The van der Waals surface area contributed by atoms with Gasteiger partial charge in [-0.2, -0.15) is 0 Å². The Morgan fingerprint density at radius 1 is 1.36 bits per heavy atom. The third-order valence-corrected chi connectivity index (χ3v) is 5.22. The fourth-order valence-corrected chi connectivity index (χ4v) is 3.85. The zero-order chi connectivity index (χ0) is 18.1. The van der Waals surface area contributed by atoms with Crippen LogP contribution >= 0.6 is 23.1 Å². The van der Waals surface area contributed by atoms with Gasteiger partial charge in [-0.15, -0.1) is 10.2 Å². The first-order valence-electron chi connectivity index (χ1n) is 7.80. The molecule has 0 saturated carbocycles. The van der Waals surface area contributed by atoms with E-state index >= 15 is 0 Å². The third kappa shape index (κ3) is 6.52. The Morgan fingerprint density at radius 2 is 2.20 bits per heavy atom. The molecule has 2 aromatic rings. The SMILES string of the molecule is COCCCNC(=O)C(C)Sc1nnc(Nc2cccc(OC)c2)s1. The normalized spacial score (nSPS) is 11.8. The molecule has 7 nitrogen and oxygen atoms in total. The van der Waals surface area contributed by atoms with E-state index in [0.717, 1.165) is 22.2 Å². The number of aromatic nitrogens is 2. The standard InChI is InChI=1S/C16H22N4O3S2/c1-11(14(21)17-8-5-9-22-2)24-16-20-19-15(25-16)18-12-6-4-7-13(10-12)23-3/h4,6-7,10-11H,5,8-9H2,1-3H3,(H,17,21)(H,18,19). The topological polar surface area (TPSA) is 85.4 Å². The van der Waals surface area contributed by atoms with E-state index in [2.05, 4.69) is 20.8 Å². The summed E-state index contributed by atoms with van der Waals surface area (Å²) in [4.78, 5) is 12.0. The van der Waals surface area contributed by atoms with Gasteiger partial charge in [0.15, 0.2) is 4.34 Å². The Bertz CT molecular complexity index is 681. The minimum absolute atomic E-state index is 0.0152. The number of methoxy groups -OCH3 is 2. The molecule has 0 fully saturated rings. The number of anilines is 2. The van der Waals surface area contributed by atoms with Crippen molar-refractivity contribution >= 4 is 39.8 Å². The number of hydrogen-bond donors (Lipinski definition) is 2. The van der Waals surface area contributed by atoms with Crippen molar-refractivity contribution in [3.8, 4) is 5.75 Å². The van der Waals surface area contributed by atoms with Gasteiger partial charge in [0.2, 0.25) is 11.0 Å². The van der Waals surface area contributed by atoms with Crippen LogP contribution in [-0.2, 0) is 9.53 Å². The quantitative estimate of drug-likeness (QED) is 0.483. The number of rotatable bonds is 10. The molecule has 1 aromatic heterocycles. The number of benzene rings is 1. The molecule has 0 aliphatic carbocycles. The maximum atomic E-state index is 12.0. The first-order valence-corrected chi connectivity index (χ1v) is 9.50. The van der Waals surface area contributed by atoms with Gasteiger partial charge >= 0.3 is 0 Å². The van der Waals surface area contributed by atoms with Crippen molar-refractivity contribution in [3.63, 3.8) is 0 Å². The van der Waals surface area contributed by atoms with Gasteiger partial charge in [-0.3, -0.25) is 4.79 Å². The van der Waals surface area contributed by atoms with Crippen molar-refractivity contribution in [1.82, 2.24) is 15.5 Å². The molecule has 9 heteroatoms. The lowest BCUT2D eigenvalue weighted by Crippen LogP contribution is -2.32. The van der Waals surface area contributed by atoms with Crippen LogP contribution in [0, 0.1) is 0 Å². The molecule has 0 saturated heterocycles. The summed E-state index contributed by atoms with van der Waals surface area (Å²) in [5.41, 5.74) is 0.871. The maximum absolute atomic E-state index is 12.0. The van der Waals surface area contributed by atoms with Gasteiger partial charge in [0.25, 0.3) is 0 Å². The highest BCUT2D eigenvalue weighted by atomic mass is 32.2. The molecule has 2 rings (SSSR count). The minimum atomic E-state index is -0.236. The molecule has 1 amide bonds. The Hall–Kier alpha value is -1.84. The summed E-state index contributed by atoms with van der Waals surface area (Å²) in [6.45, 7) is 3.10. The highest BCUT2D eigenvalue weighted by Gasteiger charge is 2.16. The zero-order valence-corrected chi connectivity index (χ0v) is 16.1. The summed E-state index contributed by atoms with van der Waals surface area (Å²) in [7, 11) is 3.27. The van der Waals surface area contributed by atoms with Crippen LogP contribution in [0.1, 0.15) is 13.3 Å². The van der Waals surface area contributed by atoms with E-state index in [1.54, 1.807) is 14.2 Å². The number of ether oxygens (including phenoxy) is 2. The Kier molecular flexibility index (Phi) is 7.96. The molecule has 0 spiro atoms. The lowest BCUT2D eigenvalue weighted by molar-refractivity contribution is -0.120. The monoisotopic (exact) mass is 382 g/mol. The largest absolute Gasteiger partial charge is 0.497 e. The molecule has 1 unspecified atom stereocenters. The van der Waals surface area contributed by atoms with Crippen molar-refractivity contribution in [2.75, 3.05) is 32.7 Å². The van der Waals surface area contributed by atoms with E-state index < -0.39 is 0 Å². The van der Waals surface area contributed by atoms with Crippen molar-refractivity contribution in [1.29, 1.82) is 0 Å². The number of carbonyl (C=O) groups excluding carboxylic acids is 1. The van der Waals surface area contributed by atoms with E-state index in [9.17, 15) is 4.79 Å². The maximum Gasteiger partial charge on any atom is 0.233 e. The minimum Gasteiger partial charge on any atom is -0.497 e. The fraction of sp³-hybridized carbons (Fsp3) is 0.438. The molecule has 0 bridgehead atoms. The van der Waals surface area contributed by atoms with Crippen LogP contribution in [0.25, 0.3) is 0 Å². The predicted octanol–water partition coefficient (Wildman–Crippen LogP) is 2.92. The van der Waals surface area contributed by atoms with Crippen LogP contribution in [0.2, 0.25) is 0 Å². The van der Waals surface area contributed by atoms with Gasteiger partial charge in [0.1, 0.15) is 5.75 Å². The summed E-state index contributed by atoms with van der Waals surface area (Å²) in [6, 6.07) is 7.57. The highest BCUT2D eigenvalue weighted by Crippen LogP contribution is 2.31. The molecule has 0 aliphatic heterocycles. The van der Waals surface area contributed by atoms with E-state index in [1.807, 2.05) is 31.2 Å². The number of thioether (sulfide) groups is 1. The molecule has 2 N–H and O–H groups in total. The number of carbonyl (C=O) groups is 1. The van der Waals surface area contributed by atoms with Gasteiger partial charge in [-0.25, -0.2) is 0 Å². The summed E-state index contributed by atoms with van der Waals surface area (Å²) < 4.78 is 10.9. The van der Waals surface area contributed by atoms with E-state index in [0.29, 0.717) is 18.3 Å². The zero-order valence-electron chi connectivity index (χ0n) is 14.4. The molecule has 1 heterocycles. The van der Waals surface area contributed by atoms with Crippen molar-refractivity contribution in [2.24, 2.45) is 0 Å². The van der Waals surface area contributed by atoms with Gasteiger partial charge in [0, 0.05) is 32.0 Å². The molecule has 25 heavy (non-hydrogen) atoms. The van der Waals surface area contributed by atoms with Crippen LogP contribution in [0.5, 0.6) is 5.75 Å². The first-order chi connectivity index (χ1) is 12.1. The first kappa shape index (κ1) is 19.5. The van der Waals surface area contributed by atoms with Gasteiger partial charge in [-0.1, -0.05) is 29.2 Å². The van der Waals surface area contributed by atoms with Crippen LogP contribution in [0.3, 0.4) is 0 Å². The number of nitrogens with zero attached hydrogens (tertiary/aromatic N) is 2. The van der Waals surface area contributed by atoms with Crippen molar-refractivity contribution < 1.29 is 14.3 Å². The molecular weight excluding hydrogens is 360 g/mol. The summed E-state index contributed by atoms with van der Waals surface area (Å²) in [5.74, 6) is 0.751. The third-order valence-electron chi connectivity index (χ3n) is 3.20. The van der Waals surface area contributed by atoms with Gasteiger partial charge in [-0.05, 0) is 25.5 Å². The second-order valence-electron chi connectivity index (χ2n) is 5.13. The lowest BCUT2D eigenvalue weighted by atomic mass is 10.3. The van der Waals surface area contributed by atoms with Crippen LogP contribution in [0.15, 0.2) is 28.6 Å². The van der Waals surface area contributed by atoms with E-state index in [4.69, 9.17) is 9.47 Å². The molecule has 136 valence electrons. The lowest BCUT2D eigenvalue weighted by Gasteiger charge is -2.09. The Labute approximate surface area is 155 Å². The molecular formula is C16H22N4O3S2. The van der Waals surface area contributed by atoms with Gasteiger partial charge in [0.05, 0.1) is 12.4 Å². The average Bonchev–Trinajstić information content (AvgIpc) is 3.05. The molecule has 0 radical (unpaired) electrons. The van der Waals surface area contributed by atoms with E-state index in [-0.39, 0.29) is 11.2 Å². The molecule has 0 aliphatic rings. The average molecular weight is 383 g/mol. The number of hydrogen-bond acceptors (Lipinski definition) is 8. The second-order valence-corrected chi connectivity index (χ2v) is 7.69. The smallest absolute Gasteiger partial charge is 0.233 e. The summed E-state index contributed by atoms with van der Waals surface area (Å²) in [6.07, 6.45) is 0.799. The predicted molar refractivity (Wildman–Crippen MR) is 101 cm³/mol. The number of nitrogens with one attached hydrogen (secondary N) is 2. The summed E-state index contributed by atoms with van der Waals surface area (Å²) >= 11 is 2.80. The Balaban J connectivity index is 1.84. The van der Waals surface area contributed by atoms with Crippen LogP contribution in [-0.4, -0.2) is 48.7 Å². The Morgan fingerprint density at radius 3 is 2.96 bits per heavy atom. The van der Waals surface area contributed by atoms with Crippen LogP contribution < -0.4 is 15.4 Å².